The monoisotopic (exact) mass is 445 g/mol. The molecular weight excluding hydrogens is 418 g/mol. The molecule has 8 nitrogen and oxygen atoms in total. The van der Waals surface area contributed by atoms with E-state index in [1.165, 1.54) is 7.05 Å². The minimum atomic E-state index is -0.396. The second kappa shape index (κ2) is 9.36. The van der Waals surface area contributed by atoms with Gasteiger partial charge in [0.25, 0.3) is 17.4 Å². The number of amides is 2. The lowest BCUT2D eigenvalue weighted by Gasteiger charge is -2.30. The number of hydrogen-bond acceptors (Lipinski definition) is 5. The average molecular weight is 446 g/mol. The van der Waals surface area contributed by atoms with E-state index in [4.69, 9.17) is 0 Å². The van der Waals surface area contributed by atoms with Crippen molar-refractivity contribution >= 4 is 11.8 Å². The molecule has 0 fully saturated rings. The Morgan fingerprint density at radius 1 is 1.12 bits per heavy atom. The first-order valence-electron chi connectivity index (χ1n) is 11.0. The van der Waals surface area contributed by atoms with Crippen LogP contribution in [-0.2, 0) is 25.9 Å². The van der Waals surface area contributed by atoms with Gasteiger partial charge in [0, 0.05) is 38.6 Å². The van der Waals surface area contributed by atoms with Gasteiger partial charge in [-0.2, -0.15) is 0 Å². The molecule has 1 aliphatic heterocycles. The quantitative estimate of drug-likeness (QED) is 0.648. The zero-order valence-electron chi connectivity index (χ0n) is 19.1. The van der Waals surface area contributed by atoms with Gasteiger partial charge in [-0.05, 0) is 49.4 Å². The molecule has 8 heteroatoms. The maximum atomic E-state index is 13.2. The van der Waals surface area contributed by atoms with Gasteiger partial charge in [0.15, 0.2) is 0 Å². The van der Waals surface area contributed by atoms with Gasteiger partial charge in [0.05, 0.1) is 0 Å². The molecular formula is C25H27N5O3. The normalized spacial score (nSPS) is 12.9. The molecule has 33 heavy (non-hydrogen) atoms. The lowest BCUT2D eigenvalue weighted by Crippen LogP contribution is -2.41. The molecule has 0 saturated heterocycles. The number of nitrogens with zero attached hydrogens (tertiary/aromatic N) is 4. The first-order chi connectivity index (χ1) is 15.9. The van der Waals surface area contributed by atoms with Gasteiger partial charge < -0.3 is 14.8 Å². The van der Waals surface area contributed by atoms with Crippen molar-refractivity contribution in [1.29, 1.82) is 0 Å². The van der Waals surface area contributed by atoms with Crippen molar-refractivity contribution in [3.63, 3.8) is 0 Å². The molecule has 0 spiro atoms. The molecule has 0 saturated carbocycles. The van der Waals surface area contributed by atoms with E-state index in [-0.39, 0.29) is 17.0 Å². The molecule has 0 aliphatic carbocycles. The lowest BCUT2D eigenvalue weighted by atomic mass is 9.95. The van der Waals surface area contributed by atoms with Gasteiger partial charge in [-0.3, -0.25) is 14.4 Å². The average Bonchev–Trinajstić information content (AvgIpc) is 2.81. The van der Waals surface area contributed by atoms with Crippen molar-refractivity contribution in [3.05, 3.63) is 92.4 Å². The third-order valence-electron chi connectivity index (χ3n) is 5.88. The number of fused-ring (bicyclic) bond motifs is 1. The molecule has 0 bridgehead atoms. The van der Waals surface area contributed by atoms with E-state index in [0.717, 1.165) is 22.4 Å². The van der Waals surface area contributed by atoms with Gasteiger partial charge in [0.2, 0.25) is 0 Å². The van der Waals surface area contributed by atoms with Crippen LogP contribution in [-0.4, -0.2) is 44.8 Å². The van der Waals surface area contributed by atoms with Crippen LogP contribution in [0.2, 0.25) is 0 Å². The van der Waals surface area contributed by atoms with Crippen molar-refractivity contribution in [3.8, 4) is 0 Å². The molecule has 3 aromatic rings. The van der Waals surface area contributed by atoms with Crippen LogP contribution in [0.25, 0.3) is 0 Å². The summed E-state index contributed by atoms with van der Waals surface area (Å²) in [4.78, 5) is 49.2. The Morgan fingerprint density at radius 2 is 1.88 bits per heavy atom. The number of aromatic nitrogens is 3. The number of carbonyl (C=O) groups excluding carboxylic acids is 2. The first-order valence-corrected chi connectivity index (χ1v) is 11.0. The maximum Gasteiger partial charge on any atom is 0.272 e. The van der Waals surface area contributed by atoms with Gasteiger partial charge in [-0.25, -0.2) is 9.97 Å². The summed E-state index contributed by atoms with van der Waals surface area (Å²) in [7, 11) is 1.52. The highest BCUT2D eigenvalue weighted by Gasteiger charge is 2.28. The Hall–Kier alpha value is -3.81. The van der Waals surface area contributed by atoms with Crippen LogP contribution in [0, 0.1) is 13.8 Å². The highest BCUT2D eigenvalue weighted by Crippen LogP contribution is 2.22. The van der Waals surface area contributed by atoms with Gasteiger partial charge in [-0.15, -0.1) is 0 Å². The number of nitrogens with one attached hydrogen (secondary N) is 1. The Bertz CT molecular complexity index is 1250. The molecule has 0 unspecified atom stereocenters. The van der Waals surface area contributed by atoms with Crippen LogP contribution in [0.5, 0.6) is 0 Å². The predicted molar refractivity (Wildman–Crippen MR) is 124 cm³/mol. The van der Waals surface area contributed by atoms with E-state index in [9.17, 15) is 14.4 Å². The first kappa shape index (κ1) is 22.4. The molecule has 2 aromatic heterocycles. The van der Waals surface area contributed by atoms with Crippen LogP contribution >= 0.6 is 0 Å². The largest absolute Gasteiger partial charge is 0.355 e. The second-order valence-corrected chi connectivity index (χ2v) is 8.24. The molecule has 2 amide bonds. The number of aryl methyl sites for hydroxylation is 4. The molecule has 0 atom stereocenters. The van der Waals surface area contributed by atoms with E-state index in [0.29, 0.717) is 44.0 Å². The smallest absolute Gasteiger partial charge is 0.272 e. The van der Waals surface area contributed by atoms with Crippen molar-refractivity contribution in [2.24, 2.45) is 0 Å². The third kappa shape index (κ3) is 4.69. The molecule has 1 N–H and O–H groups in total. The van der Waals surface area contributed by atoms with Gasteiger partial charge in [0.1, 0.15) is 17.1 Å². The van der Waals surface area contributed by atoms with E-state index in [2.05, 4.69) is 15.3 Å². The van der Waals surface area contributed by atoms with Crippen LogP contribution in [0.15, 0.2) is 47.4 Å². The minimum Gasteiger partial charge on any atom is -0.355 e. The van der Waals surface area contributed by atoms with Crippen LogP contribution in [0.1, 0.15) is 49.1 Å². The fourth-order valence-corrected chi connectivity index (χ4v) is 4.29. The number of hydrogen-bond donors (Lipinski definition) is 1. The summed E-state index contributed by atoms with van der Waals surface area (Å²) >= 11 is 0. The highest BCUT2D eigenvalue weighted by atomic mass is 16.2. The summed E-state index contributed by atoms with van der Waals surface area (Å²) in [6.07, 6.45) is 2.89. The fourth-order valence-electron chi connectivity index (χ4n) is 4.29. The Balaban J connectivity index is 1.67. The third-order valence-corrected chi connectivity index (χ3v) is 5.88. The predicted octanol–water partition coefficient (Wildman–Crippen LogP) is 2.06. The van der Waals surface area contributed by atoms with Gasteiger partial charge >= 0.3 is 0 Å². The number of pyridine rings is 1. The van der Waals surface area contributed by atoms with Crippen molar-refractivity contribution in [1.82, 2.24) is 24.8 Å². The zero-order chi connectivity index (χ0) is 23.5. The molecule has 170 valence electrons. The molecule has 4 rings (SSSR count). The second-order valence-electron chi connectivity index (χ2n) is 8.24. The maximum absolute atomic E-state index is 13.2. The molecule has 1 aromatic carbocycles. The van der Waals surface area contributed by atoms with E-state index < -0.39 is 5.91 Å². The summed E-state index contributed by atoms with van der Waals surface area (Å²) in [5.41, 5.74) is 3.59. The standard InChI is InChI=1S/C25H27N5O3/c1-16-13-21(28-17(2)27-16)24(32)29-12-10-20-19(14-29)15-30(25(33)22(20)23(31)26-3)11-9-18-7-5-4-6-8-18/h4-8,13,15H,9-12,14H2,1-3H3,(H,26,31). The van der Waals surface area contributed by atoms with E-state index >= 15 is 0 Å². The Labute approximate surface area is 192 Å². The Morgan fingerprint density at radius 3 is 2.58 bits per heavy atom. The van der Waals surface area contributed by atoms with Crippen molar-refractivity contribution in [2.75, 3.05) is 13.6 Å². The minimum absolute atomic E-state index is 0.170. The molecule has 3 heterocycles. The highest BCUT2D eigenvalue weighted by molar-refractivity contribution is 5.96. The lowest BCUT2D eigenvalue weighted by molar-refractivity contribution is 0.0727. The number of benzene rings is 1. The van der Waals surface area contributed by atoms with Crippen molar-refractivity contribution in [2.45, 2.75) is 39.8 Å². The summed E-state index contributed by atoms with van der Waals surface area (Å²) in [5.74, 6) is -0.0303. The zero-order valence-corrected chi connectivity index (χ0v) is 19.1. The summed E-state index contributed by atoms with van der Waals surface area (Å²) in [6.45, 7) is 4.75. The van der Waals surface area contributed by atoms with Crippen LogP contribution < -0.4 is 10.9 Å². The fraction of sp³-hybridized carbons (Fsp3) is 0.320. The Kier molecular flexibility index (Phi) is 6.35. The van der Waals surface area contributed by atoms with Gasteiger partial charge in [-0.1, -0.05) is 30.3 Å². The van der Waals surface area contributed by atoms with Crippen LogP contribution in [0.3, 0.4) is 0 Å². The summed E-state index contributed by atoms with van der Waals surface area (Å²) < 4.78 is 1.59. The van der Waals surface area contributed by atoms with Crippen molar-refractivity contribution < 1.29 is 9.59 Å². The van der Waals surface area contributed by atoms with E-state index in [1.54, 1.807) is 28.7 Å². The van der Waals surface area contributed by atoms with Crippen LogP contribution in [0.4, 0.5) is 0 Å². The number of carbonyl (C=O) groups is 2. The molecule has 0 radical (unpaired) electrons. The summed E-state index contributed by atoms with van der Waals surface area (Å²) in [6, 6.07) is 11.6. The molecule has 1 aliphatic rings. The number of rotatable bonds is 5. The van der Waals surface area contributed by atoms with E-state index in [1.807, 2.05) is 37.3 Å². The topological polar surface area (TPSA) is 97.2 Å². The SMILES string of the molecule is CNC(=O)c1c2c(cn(CCc3ccccc3)c1=O)CN(C(=O)c1cc(C)nc(C)n1)CC2. The summed E-state index contributed by atoms with van der Waals surface area (Å²) in [5, 5.41) is 2.60.